The van der Waals surface area contributed by atoms with Crippen molar-refractivity contribution in [3.63, 3.8) is 0 Å². The summed E-state index contributed by atoms with van der Waals surface area (Å²) in [5, 5.41) is 12.2. The minimum atomic E-state index is -0.807. The molecular formula is C24H28N4O. The molecule has 1 aliphatic carbocycles. The number of nitrogens with one attached hydrogen (secondary N) is 1. The minimum Gasteiger partial charge on any atom is -0.325 e. The lowest BCUT2D eigenvalue weighted by molar-refractivity contribution is -0.126. The van der Waals surface area contributed by atoms with Gasteiger partial charge in [-0.15, -0.1) is 0 Å². The Bertz CT molecular complexity index is 860. The van der Waals surface area contributed by atoms with E-state index < -0.39 is 5.41 Å². The fourth-order valence-electron chi connectivity index (χ4n) is 4.07. The van der Waals surface area contributed by atoms with Gasteiger partial charge in [-0.3, -0.25) is 14.6 Å². The summed E-state index contributed by atoms with van der Waals surface area (Å²) in [6.45, 7) is 6.24. The van der Waals surface area contributed by atoms with Crippen molar-refractivity contribution in [2.24, 2.45) is 5.41 Å². The molecule has 1 saturated heterocycles. The number of nitrogens with zero attached hydrogens (tertiary/aromatic N) is 3. The van der Waals surface area contributed by atoms with Crippen molar-refractivity contribution < 1.29 is 4.79 Å². The molecule has 0 unspecified atom stereocenters. The first-order valence-corrected chi connectivity index (χ1v) is 10.5. The van der Waals surface area contributed by atoms with Gasteiger partial charge in [0.05, 0.1) is 6.07 Å². The summed E-state index contributed by atoms with van der Waals surface area (Å²) in [5.41, 5.74) is 2.59. The molecule has 2 aliphatic rings. The van der Waals surface area contributed by atoms with Crippen LogP contribution in [0, 0.1) is 16.7 Å². The molecule has 1 N–H and O–H groups in total. The summed E-state index contributed by atoms with van der Waals surface area (Å²) in [6, 6.07) is 20.9. The molecular weight excluding hydrogens is 360 g/mol. The van der Waals surface area contributed by atoms with Gasteiger partial charge >= 0.3 is 0 Å². The Kier molecular flexibility index (Phi) is 5.94. The van der Waals surface area contributed by atoms with Crippen molar-refractivity contribution >= 4 is 11.6 Å². The number of hydrogen-bond acceptors (Lipinski definition) is 4. The van der Waals surface area contributed by atoms with Crippen LogP contribution in [0.25, 0.3) is 0 Å². The zero-order chi connectivity index (χ0) is 20.1. The van der Waals surface area contributed by atoms with Crippen molar-refractivity contribution in [2.45, 2.75) is 32.4 Å². The molecule has 4 rings (SSSR count). The fourth-order valence-corrected chi connectivity index (χ4v) is 4.07. The highest BCUT2D eigenvalue weighted by molar-refractivity contribution is 5.97. The summed E-state index contributed by atoms with van der Waals surface area (Å²) in [5.74, 6) is -0.159. The quantitative estimate of drug-likeness (QED) is 0.821. The van der Waals surface area contributed by atoms with Gasteiger partial charge in [0.25, 0.3) is 0 Å². The molecule has 5 heteroatoms. The smallest absolute Gasteiger partial charge is 0.244 e. The summed E-state index contributed by atoms with van der Waals surface area (Å²) < 4.78 is 0. The van der Waals surface area contributed by atoms with Gasteiger partial charge in [-0.05, 0) is 42.5 Å². The molecule has 0 atom stereocenters. The van der Waals surface area contributed by atoms with Crippen molar-refractivity contribution in [2.75, 3.05) is 31.5 Å². The second-order valence-corrected chi connectivity index (χ2v) is 8.24. The average molecular weight is 389 g/mol. The lowest BCUT2D eigenvalue weighted by Crippen LogP contribution is -2.45. The number of amides is 1. The van der Waals surface area contributed by atoms with E-state index >= 15 is 0 Å². The van der Waals surface area contributed by atoms with Crippen molar-refractivity contribution in [3.8, 4) is 6.07 Å². The Balaban J connectivity index is 1.24. The van der Waals surface area contributed by atoms with E-state index in [1.54, 1.807) is 0 Å². The number of anilines is 1. The van der Waals surface area contributed by atoms with E-state index in [2.05, 4.69) is 63.7 Å². The second-order valence-electron chi connectivity index (χ2n) is 8.24. The van der Waals surface area contributed by atoms with Crippen LogP contribution in [0.3, 0.4) is 0 Å². The van der Waals surface area contributed by atoms with E-state index in [1.807, 2.05) is 12.1 Å². The molecule has 2 aromatic rings. The third kappa shape index (κ3) is 4.67. The van der Waals surface area contributed by atoms with Crippen molar-refractivity contribution in [3.05, 3.63) is 65.7 Å². The van der Waals surface area contributed by atoms with Gasteiger partial charge in [0, 0.05) is 45.0 Å². The maximum absolute atomic E-state index is 12.4. The Morgan fingerprint density at radius 2 is 1.45 bits per heavy atom. The highest BCUT2D eigenvalue weighted by Crippen LogP contribution is 2.41. The Morgan fingerprint density at radius 3 is 1.93 bits per heavy atom. The molecule has 5 nitrogen and oxygen atoms in total. The van der Waals surface area contributed by atoms with Crippen LogP contribution in [0.2, 0.25) is 0 Å². The standard InChI is InChI=1S/C24H28N4O/c25-19-24(11-4-12-24)23(29)26-22-9-7-21(8-10-22)18-28-15-13-27(14-16-28)17-20-5-2-1-3-6-20/h1-3,5-10H,4,11-18H2,(H,26,29). The number of carbonyl (C=O) groups excluding carboxylic acids is 1. The third-order valence-corrected chi connectivity index (χ3v) is 6.19. The monoisotopic (exact) mass is 388 g/mol. The zero-order valence-electron chi connectivity index (χ0n) is 16.8. The van der Waals surface area contributed by atoms with Crippen LogP contribution in [0.4, 0.5) is 5.69 Å². The highest BCUT2D eigenvalue weighted by Gasteiger charge is 2.44. The second kappa shape index (κ2) is 8.77. The predicted octanol–water partition coefficient (Wildman–Crippen LogP) is 3.64. The van der Waals surface area contributed by atoms with E-state index in [0.29, 0.717) is 12.8 Å². The first-order valence-electron chi connectivity index (χ1n) is 10.5. The number of carbonyl (C=O) groups is 1. The lowest BCUT2D eigenvalue weighted by Gasteiger charge is -2.35. The van der Waals surface area contributed by atoms with E-state index in [0.717, 1.165) is 51.4 Å². The van der Waals surface area contributed by atoms with E-state index in [4.69, 9.17) is 0 Å². The maximum atomic E-state index is 12.4. The van der Waals surface area contributed by atoms with Gasteiger partial charge in [0.2, 0.25) is 5.91 Å². The molecule has 0 bridgehead atoms. The maximum Gasteiger partial charge on any atom is 0.244 e. The van der Waals surface area contributed by atoms with Crippen molar-refractivity contribution in [1.29, 1.82) is 5.26 Å². The molecule has 1 saturated carbocycles. The van der Waals surface area contributed by atoms with E-state index in [-0.39, 0.29) is 5.91 Å². The normalized spacial score (nSPS) is 19.1. The minimum absolute atomic E-state index is 0.159. The summed E-state index contributed by atoms with van der Waals surface area (Å²) in [4.78, 5) is 17.4. The summed E-state index contributed by atoms with van der Waals surface area (Å²) >= 11 is 0. The molecule has 0 radical (unpaired) electrons. The molecule has 150 valence electrons. The van der Waals surface area contributed by atoms with Crippen LogP contribution in [0.5, 0.6) is 0 Å². The Morgan fingerprint density at radius 1 is 0.897 bits per heavy atom. The van der Waals surface area contributed by atoms with Crippen LogP contribution >= 0.6 is 0 Å². The molecule has 0 aromatic heterocycles. The first-order chi connectivity index (χ1) is 14.2. The fraction of sp³-hybridized carbons (Fsp3) is 0.417. The van der Waals surface area contributed by atoms with Crippen molar-refractivity contribution in [1.82, 2.24) is 9.80 Å². The lowest BCUT2D eigenvalue weighted by atomic mass is 9.69. The topological polar surface area (TPSA) is 59.4 Å². The highest BCUT2D eigenvalue weighted by atomic mass is 16.2. The zero-order valence-corrected chi connectivity index (χ0v) is 16.8. The Labute approximate surface area is 172 Å². The number of benzene rings is 2. The number of piperazine rings is 1. The van der Waals surface area contributed by atoms with E-state index in [1.165, 1.54) is 11.1 Å². The van der Waals surface area contributed by atoms with Crippen LogP contribution in [-0.4, -0.2) is 41.9 Å². The largest absolute Gasteiger partial charge is 0.325 e. The summed E-state index contributed by atoms with van der Waals surface area (Å²) in [6.07, 6.45) is 2.30. The third-order valence-electron chi connectivity index (χ3n) is 6.19. The number of hydrogen-bond donors (Lipinski definition) is 1. The predicted molar refractivity (Wildman–Crippen MR) is 114 cm³/mol. The van der Waals surface area contributed by atoms with Crippen LogP contribution in [0.15, 0.2) is 54.6 Å². The van der Waals surface area contributed by atoms with Gasteiger partial charge in [-0.25, -0.2) is 0 Å². The van der Waals surface area contributed by atoms with Gasteiger partial charge in [0.1, 0.15) is 5.41 Å². The average Bonchev–Trinajstić information content (AvgIpc) is 2.71. The number of rotatable bonds is 6. The SMILES string of the molecule is N#CC1(C(=O)Nc2ccc(CN3CCN(Cc4ccccc4)CC3)cc2)CCC1. The van der Waals surface area contributed by atoms with Crippen LogP contribution in [-0.2, 0) is 17.9 Å². The molecule has 2 aromatic carbocycles. The number of nitriles is 1. The molecule has 1 amide bonds. The molecule has 29 heavy (non-hydrogen) atoms. The van der Waals surface area contributed by atoms with Crippen LogP contribution < -0.4 is 5.32 Å². The van der Waals surface area contributed by atoms with Gasteiger partial charge in [-0.2, -0.15) is 5.26 Å². The molecule has 1 heterocycles. The molecule has 1 aliphatic heterocycles. The van der Waals surface area contributed by atoms with Gasteiger partial charge in [0.15, 0.2) is 0 Å². The van der Waals surface area contributed by atoms with Gasteiger partial charge < -0.3 is 5.32 Å². The molecule has 0 spiro atoms. The van der Waals surface area contributed by atoms with Crippen LogP contribution in [0.1, 0.15) is 30.4 Å². The summed E-state index contributed by atoms with van der Waals surface area (Å²) in [7, 11) is 0. The molecule has 2 fully saturated rings. The Hall–Kier alpha value is -2.68. The first kappa shape index (κ1) is 19.6. The van der Waals surface area contributed by atoms with E-state index in [9.17, 15) is 10.1 Å². The van der Waals surface area contributed by atoms with Gasteiger partial charge in [-0.1, -0.05) is 42.5 Å².